The average molecular weight is 415 g/mol. The molecular weight excluding hydrogens is 406 g/mol. The number of halogens is 2. The molecule has 108 valence electrons. The van der Waals surface area contributed by atoms with E-state index in [1.54, 1.807) is 24.3 Å². The van der Waals surface area contributed by atoms with E-state index in [0.29, 0.717) is 21.5 Å². The molecule has 0 heterocycles. The minimum absolute atomic E-state index is 0.0649. The molecule has 2 rings (SSSR count). The summed E-state index contributed by atoms with van der Waals surface area (Å²) < 4.78 is 6.49. The first-order valence-electron chi connectivity index (χ1n) is 5.65. The number of ether oxygens (including phenoxy) is 1. The van der Waals surface area contributed by atoms with Gasteiger partial charge in [0.1, 0.15) is 21.8 Å². The highest BCUT2D eigenvalue weighted by Crippen LogP contribution is 2.37. The van der Waals surface area contributed by atoms with E-state index in [0.717, 1.165) is 0 Å². The van der Waals surface area contributed by atoms with Crippen LogP contribution in [0.3, 0.4) is 0 Å². The summed E-state index contributed by atoms with van der Waals surface area (Å²) >= 11 is 6.46. The Morgan fingerprint density at radius 2 is 2.00 bits per heavy atom. The SMILES string of the molecule is N=C(N)c1ccc(Oc2cccc([N+](=O)[O-])c2Br)cc1Br. The molecule has 2 aromatic rings. The first-order valence-corrected chi connectivity index (χ1v) is 7.23. The Labute approximate surface area is 136 Å². The molecule has 0 unspecified atom stereocenters. The molecule has 0 aliphatic heterocycles. The van der Waals surface area contributed by atoms with E-state index in [1.807, 2.05) is 0 Å². The van der Waals surface area contributed by atoms with Gasteiger partial charge >= 0.3 is 0 Å². The molecule has 0 atom stereocenters. The predicted molar refractivity (Wildman–Crippen MR) is 86.0 cm³/mol. The normalized spacial score (nSPS) is 10.2. The third-order valence-corrected chi connectivity index (χ3v) is 4.05. The molecule has 8 heteroatoms. The number of nitro groups is 1. The zero-order chi connectivity index (χ0) is 15.6. The Morgan fingerprint density at radius 3 is 2.57 bits per heavy atom. The van der Waals surface area contributed by atoms with E-state index in [2.05, 4.69) is 31.9 Å². The lowest BCUT2D eigenvalue weighted by atomic mass is 10.2. The number of nitrogen functional groups attached to an aromatic ring is 1. The molecule has 0 amide bonds. The summed E-state index contributed by atoms with van der Waals surface area (Å²) in [5.74, 6) is 0.727. The van der Waals surface area contributed by atoms with Crippen LogP contribution in [-0.2, 0) is 0 Å². The monoisotopic (exact) mass is 413 g/mol. The Bertz CT molecular complexity index is 735. The number of amidine groups is 1. The quantitative estimate of drug-likeness (QED) is 0.338. The molecule has 0 aliphatic carbocycles. The topological polar surface area (TPSA) is 102 Å². The molecule has 0 aliphatic rings. The smallest absolute Gasteiger partial charge is 0.287 e. The van der Waals surface area contributed by atoms with Crippen LogP contribution in [0.1, 0.15) is 5.56 Å². The van der Waals surface area contributed by atoms with E-state index >= 15 is 0 Å². The van der Waals surface area contributed by atoms with Gasteiger partial charge in [0.15, 0.2) is 0 Å². The van der Waals surface area contributed by atoms with Crippen molar-refractivity contribution < 1.29 is 9.66 Å². The second-order valence-corrected chi connectivity index (χ2v) is 5.65. The number of hydrogen-bond acceptors (Lipinski definition) is 4. The number of nitrogens with two attached hydrogens (primary N) is 1. The van der Waals surface area contributed by atoms with Gasteiger partial charge in [-0.15, -0.1) is 0 Å². The second-order valence-electron chi connectivity index (χ2n) is 4.00. The lowest BCUT2D eigenvalue weighted by molar-refractivity contribution is -0.385. The van der Waals surface area contributed by atoms with Gasteiger partial charge in [-0.25, -0.2) is 0 Å². The number of hydrogen-bond donors (Lipinski definition) is 2. The van der Waals surface area contributed by atoms with Gasteiger partial charge in [-0.05, 0) is 56.1 Å². The van der Waals surface area contributed by atoms with Crippen molar-refractivity contribution in [2.45, 2.75) is 0 Å². The van der Waals surface area contributed by atoms with Gasteiger partial charge in [0.2, 0.25) is 0 Å². The van der Waals surface area contributed by atoms with Crippen LogP contribution in [0.2, 0.25) is 0 Å². The predicted octanol–water partition coefficient (Wildman–Crippen LogP) is 4.20. The Morgan fingerprint density at radius 1 is 1.29 bits per heavy atom. The van der Waals surface area contributed by atoms with Gasteiger partial charge < -0.3 is 10.5 Å². The van der Waals surface area contributed by atoms with Gasteiger partial charge in [0.25, 0.3) is 5.69 Å². The maximum absolute atomic E-state index is 10.9. The molecule has 0 saturated heterocycles. The van der Waals surface area contributed by atoms with Crippen LogP contribution >= 0.6 is 31.9 Å². The molecule has 3 N–H and O–H groups in total. The van der Waals surface area contributed by atoms with Crippen molar-refractivity contribution in [3.63, 3.8) is 0 Å². The third-order valence-electron chi connectivity index (χ3n) is 2.60. The summed E-state index contributed by atoms with van der Waals surface area (Å²) in [5, 5.41) is 18.3. The summed E-state index contributed by atoms with van der Waals surface area (Å²) in [7, 11) is 0. The van der Waals surface area contributed by atoms with Crippen molar-refractivity contribution in [1.29, 1.82) is 5.41 Å². The maximum Gasteiger partial charge on any atom is 0.287 e. The van der Waals surface area contributed by atoms with Gasteiger partial charge in [-0.3, -0.25) is 15.5 Å². The molecule has 0 bridgehead atoms. The summed E-state index contributed by atoms with van der Waals surface area (Å²) in [4.78, 5) is 10.4. The van der Waals surface area contributed by atoms with E-state index in [-0.39, 0.29) is 16.0 Å². The number of nitro benzene ring substituents is 1. The highest BCUT2D eigenvalue weighted by molar-refractivity contribution is 9.11. The summed E-state index contributed by atoms with van der Waals surface area (Å²) in [5.41, 5.74) is 5.89. The number of nitrogens with one attached hydrogen (secondary N) is 1. The van der Waals surface area contributed by atoms with Crippen LogP contribution in [0.25, 0.3) is 0 Å². The number of nitrogens with zero attached hydrogens (tertiary/aromatic N) is 1. The molecule has 0 fully saturated rings. The van der Waals surface area contributed by atoms with Crippen molar-refractivity contribution in [2.24, 2.45) is 5.73 Å². The first-order chi connectivity index (χ1) is 9.90. The van der Waals surface area contributed by atoms with E-state index < -0.39 is 4.92 Å². The fourth-order valence-corrected chi connectivity index (χ4v) is 2.69. The van der Waals surface area contributed by atoms with Gasteiger partial charge in [0.05, 0.1) is 4.92 Å². The third kappa shape index (κ3) is 3.40. The minimum Gasteiger partial charge on any atom is -0.456 e. The van der Waals surface area contributed by atoms with Crippen molar-refractivity contribution in [3.8, 4) is 11.5 Å². The Balaban J connectivity index is 2.35. The fourth-order valence-electron chi connectivity index (χ4n) is 1.62. The molecule has 21 heavy (non-hydrogen) atoms. The van der Waals surface area contributed by atoms with Crippen molar-refractivity contribution >= 4 is 43.4 Å². The van der Waals surface area contributed by atoms with Crippen LogP contribution in [0.4, 0.5) is 5.69 Å². The molecule has 0 saturated carbocycles. The molecule has 0 radical (unpaired) electrons. The summed E-state index contributed by atoms with van der Waals surface area (Å²) in [6.07, 6.45) is 0. The lowest BCUT2D eigenvalue weighted by Gasteiger charge is -2.09. The lowest BCUT2D eigenvalue weighted by Crippen LogP contribution is -2.11. The Kier molecular flexibility index (Phi) is 4.59. The summed E-state index contributed by atoms with van der Waals surface area (Å²) in [6.45, 7) is 0. The molecule has 6 nitrogen and oxygen atoms in total. The maximum atomic E-state index is 10.9. The van der Waals surface area contributed by atoms with E-state index in [9.17, 15) is 10.1 Å². The Hall–Kier alpha value is -1.93. The van der Waals surface area contributed by atoms with Crippen LogP contribution in [-0.4, -0.2) is 10.8 Å². The fraction of sp³-hybridized carbons (Fsp3) is 0. The van der Waals surface area contributed by atoms with Gasteiger partial charge in [-0.1, -0.05) is 6.07 Å². The minimum atomic E-state index is -0.494. The zero-order valence-electron chi connectivity index (χ0n) is 10.5. The molecule has 0 spiro atoms. The van der Waals surface area contributed by atoms with Crippen LogP contribution in [0, 0.1) is 15.5 Å². The number of benzene rings is 2. The zero-order valence-corrected chi connectivity index (χ0v) is 13.6. The highest BCUT2D eigenvalue weighted by atomic mass is 79.9. The molecular formula is C13H9Br2N3O3. The molecule has 0 aromatic heterocycles. The highest BCUT2D eigenvalue weighted by Gasteiger charge is 2.16. The molecule has 2 aromatic carbocycles. The van der Waals surface area contributed by atoms with Crippen LogP contribution in [0.5, 0.6) is 11.5 Å². The van der Waals surface area contributed by atoms with Gasteiger partial charge in [-0.2, -0.15) is 0 Å². The number of rotatable bonds is 4. The standard InChI is InChI=1S/C13H9Br2N3O3/c14-9-6-7(4-5-8(9)13(16)17)21-11-3-1-2-10(12(11)15)18(19)20/h1-6H,(H3,16,17). The van der Waals surface area contributed by atoms with Gasteiger partial charge in [0, 0.05) is 16.1 Å². The van der Waals surface area contributed by atoms with E-state index in [1.165, 1.54) is 12.1 Å². The first kappa shape index (κ1) is 15.5. The van der Waals surface area contributed by atoms with Crippen molar-refractivity contribution in [1.82, 2.24) is 0 Å². The average Bonchev–Trinajstić information content (AvgIpc) is 2.40. The van der Waals surface area contributed by atoms with Crippen LogP contribution < -0.4 is 10.5 Å². The van der Waals surface area contributed by atoms with Crippen molar-refractivity contribution in [3.05, 3.63) is 61.0 Å². The van der Waals surface area contributed by atoms with Crippen molar-refractivity contribution in [2.75, 3.05) is 0 Å². The summed E-state index contributed by atoms with van der Waals surface area (Å²) in [6, 6.07) is 9.44. The van der Waals surface area contributed by atoms with Crippen LogP contribution in [0.15, 0.2) is 45.3 Å². The van der Waals surface area contributed by atoms with E-state index in [4.69, 9.17) is 15.9 Å². The largest absolute Gasteiger partial charge is 0.456 e. The second kappa shape index (κ2) is 6.23.